The number of halogens is 2. The van der Waals surface area contributed by atoms with E-state index in [0.29, 0.717) is 13.2 Å². The maximum Gasteiger partial charge on any atom is 0.236 e. The Kier molecular flexibility index (Phi) is 12.4. The number of carbonyl (C=O) groups is 2. The van der Waals surface area contributed by atoms with Gasteiger partial charge in [0.05, 0.1) is 13.2 Å². The Balaban J connectivity index is 0.00000288. The van der Waals surface area contributed by atoms with Gasteiger partial charge in [0.25, 0.3) is 0 Å². The van der Waals surface area contributed by atoms with E-state index in [4.69, 9.17) is 4.74 Å². The predicted octanol–water partition coefficient (Wildman–Crippen LogP) is 0.125. The first-order valence-electron chi connectivity index (χ1n) is 8.60. The van der Waals surface area contributed by atoms with Crippen molar-refractivity contribution in [2.45, 2.75) is 25.8 Å². The SMILES string of the molecule is COCC(C)NC(=O)C1CCN(CC(=O)N2CCNCC2)CC1.Cl.Cl. The summed E-state index contributed by atoms with van der Waals surface area (Å²) >= 11 is 0. The Morgan fingerprint density at radius 1 is 1.16 bits per heavy atom. The quantitative estimate of drug-likeness (QED) is 0.664. The molecule has 2 aliphatic heterocycles. The molecule has 25 heavy (non-hydrogen) atoms. The third-order valence-corrected chi connectivity index (χ3v) is 4.59. The van der Waals surface area contributed by atoms with Crippen molar-refractivity contribution < 1.29 is 14.3 Å². The van der Waals surface area contributed by atoms with E-state index in [0.717, 1.165) is 52.1 Å². The van der Waals surface area contributed by atoms with Crippen LogP contribution in [0.25, 0.3) is 0 Å². The predicted molar refractivity (Wildman–Crippen MR) is 103 cm³/mol. The van der Waals surface area contributed by atoms with Gasteiger partial charge < -0.3 is 20.3 Å². The number of hydrogen-bond acceptors (Lipinski definition) is 5. The fourth-order valence-corrected chi connectivity index (χ4v) is 3.21. The molecule has 2 heterocycles. The van der Waals surface area contributed by atoms with Crippen molar-refractivity contribution in [2.75, 3.05) is 59.5 Å². The first-order chi connectivity index (χ1) is 11.1. The number of piperidine rings is 1. The van der Waals surface area contributed by atoms with Crippen molar-refractivity contribution in [1.82, 2.24) is 20.4 Å². The summed E-state index contributed by atoms with van der Waals surface area (Å²) in [7, 11) is 1.64. The Hall–Kier alpha value is -0.600. The van der Waals surface area contributed by atoms with Crippen LogP contribution in [0.1, 0.15) is 19.8 Å². The van der Waals surface area contributed by atoms with Gasteiger partial charge in [0.2, 0.25) is 11.8 Å². The molecule has 2 rings (SSSR count). The van der Waals surface area contributed by atoms with Gasteiger partial charge >= 0.3 is 0 Å². The van der Waals surface area contributed by atoms with Crippen molar-refractivity contribution in [1.29, 1.82) is 0 Å². The first-order valence-corrected chi connectivity index (χ1v) is 8.60. The molecule has 0 aromatic heterocycles. The molecular weight excluding hydrogens is 367 g/mol. The van der Waals surface area contributed by atoms with Gasteiger partial charge in [-0.05, 0) is 32.9 Å². The maximum atomic E-state index is 12.3. The molecule has 1 unspecified atom stereocenters. The van der Waals surface area contributed by atoms with Gasteiger partial charge in [-0.2, -0.15) is 0 Å². The highest BCUT2D eigenvalue weighted by Gasteiger charge is 2.27. The summed E-state index contributed by atoms with van der Waals surface area (Å²) < 4.78 is 5.04. The summed E-state index contributed by atoms with van der Waals surface area (Å²) in [5, 5.41) is 6.25. The second-order valence-corrected chi connectivity index (χ2v) is 6.55. The number of rotatable bonds is 6. The van der Waals surface area contributed by atoms with Gasteiger partial charge in [0.15, 0.2) is 0 Å². The van der Waals surface area contributed by atoms with Gasteiger partial charge in [-0.25, -0.2) is 0 Å². The molecule has 2 fully saturated rings. The van der Waals surface area contributed by atoms with Crippen LogP contribution in [-0.4, -0.2) is 87.2 Å². The normalized spacial score (nSPS) is 20.2. The zero-order valence-corrected chi connectivity index (χ0v) is 16.8. The largest absolute Gasteiger partial charge is 0.383 e. The van der Waals surface area contributed by atoms with Crippen molar-refractivity contribution >= 4 is 36.6 Å². The molecule has 0 saturated carbocycles. The van der Waals surface area contributed by atoms with E-state index in [-0.39, 0.29) is 48.6 Å². The zero-order valence-electron chi connectivity index (χ0n) is 15.2. The van der Waals surface area contributed by atoms with Crippen LogP contribution in [0, 0.1) is 5.92 Å². The molecule has 0 spiro atoms. The highest BCUT2D eigenvalue weighted by atomic mass is 35.5. The Bertz CT molecular complexity index is 401. The highest BCUT2D eigenvalue weighted by molar-refractivity contribution is 5.85. The van der Waals surface area contributed by atoms with E-state index in [9.17, 15) is 9.59 Å². The van der Waals surface area contributed by atoms with Crippen LogP contribution in [0.2, 0.25) is 0 Å². The lowest BCUT2D eigenvalue weighted by atomic mass is 9.95. The molecule has 0 aromatic rings. The van der Waals surface area contributed by atoms with Gasteiger partial charge in [0.1, 0.15) is 0 Å². The summed E-state index contributed by atoms with van der Waals surface area (Å²) in [5.74, 6) is 0.380. The number of ether oxygens (including phenoxy) is 1. The molecule has 2 N–H and O–H groups in total. The smallest absolute Gasteiger partial charge is 0.236 e. The second kappa shape index (κ2) is 12.7. The monoisotopic (exact) mass is 398 g/mol. The number of likely N-dealkylation sites (tertiary alicyclic amines) is 1. The van der Waals surface area contributed by atoms with Crippen molar-refractivity contribution in [3.05, 3.63) is 0 Å². The molecule has 0 radical (unpaired) electrons. The van der Waals surface area contributed by atoms with E-state index in [1.807, 2.05) is 11.8 Å². The molecule has 1 atom stereocenters. The summed E-state index contributed by atoms with van der Waals surface area (Å²) in [6.07, 6.45) is 1.64. The lowest BCUT2D eigenvalue weighted by Gasteiger charge is -2.34. The van der Waals surface area contributed by atoms with Gasteiger partial charge in [-0.3, -0.25) is 14.5 Å². The van der Waals surface area contributed by atoms with Crippen LogP contribution in [-0.2, 0) is 14.3 Å². The highest BCUT2D eigenvalue weighted by Crippen LogP contribution is 2.17. The van der Waals surface area contributed by atoms with E-state index in [1.54, 1.807) is 7.11 Å². The van der Waals surface area contributed by atoms with Gasteiger partial charge in [-0.15, -0.1) is 24.8 Å². The van der Waals surface area contributed by atoms with Crippen LogP contribution >= 0.6 is 24.8 Å². The van der Waals surface area contributed by atoms with Crippen LogP contribution < -0.4 is 10.6 Å². The molecule has 0 bridgehead atoms. The Morgan fingerprint density at radius 3 is 2.32 bits per heavy atom. The number of carbonyl (C=O) groups excluding carboxylic acids is 2. The number of nitrogens with zero attached hydrogens (tertiary/aromatic N) is 2. The standard InChI is InChI=1S/C16H30N4O3.2ClH/c1-13(12-23-2)18-16(22)14-3-7-19(8-4-14)11-15(21)20-9-5-17-6-10-20;;/h13-14,17H,3-12H2,1-2H3,(H,18,22);2*1H. The Labute approximate surface area is 163 Å². The zero-order chi connectivity index (χ0) is 16.7. The first kappa shape index (κ1) is 24.4. The van der Waals surface area contributed by atoms with Gasteiger partial charge in [-0.1, -0.05) is 0 Å². The average Bonchev–Trinajstić information content (AvgIpc) is 2.56. The summed E-state index contributed by atoms with van der Waals surface area (Å²) in [5.41, 5.74) is 0. The number of methoxy groups -OCH3 is 1. The topological polar surface area (TPSA) is 73.9 Å². The molecule has 2 amide bonds. The van der Waals surface area contributed by atoms with Crippen LogP contribution in [0.15, 0.2) is 0 Å². The average molecular weight is 399 g/mol. The molecular formula is C16H32Cl2N4O3. The lowest BCUT2D eigenvalue weighted by Crippen LogP contribution is -2.51. The summed E-state index contributed by atoms with van der Waals surface area (Å²) in [6.45, 7) is 7.95. The number of hydrogen-bond donors (Lipinski definition) is 2. The van der Waals surface area contributed by atoms with E-state index in [1.165, 1.54) is 0 Å². The van der Waals surface area contributed by atoms with E-state index < -0.39 is 0 Å². The number of amides is 2. The molecule has 0 aromatic carbocycles. The minimum absolute atomic E-state index is 0. The maximum absolute atomic E-state index is 12.3. The Morgan fingerprint density at radius 2 is 1.76 bits per heavy atom. The molecule has 148 valence electrons. The second-order valence-electron chi connectivity index (χ2n) is 6.55. The van der Waals surface area contributed by atoms with Crippen molar-refractivity contribution in [2.24, 2.45) is 5.92 Å². The third-order valence-electron chi connectivity index (χ3n) is 4.59. The van der Waals surface area contributed by atoms with E-state index in [2.05, 4.69) is 15.5 Å². The van der Waals surface area contributed by atoms with E-state index >= 15 is 0 Å². The summed E-state index contributed by atoms with van der Waals surface area (Å²) in [4.78, 5) is 28.6. The molecule has 0 aliphatic carbocycles. The number of nitrogens with one attached hydrogen (secondary N) is 2. The van der Waals surface area contributed by atoms with Crippen LogP contribution in [0.4, 0.5) is 0 Å². The summed E-state index contributed by atoms with van der Waals surface area (Å²) in [6, 6.07) is 0.0415. The van der Waals surface area contributed by atoms with Crippen molar-refractivity contribution in [3.63, 3.8) is 0 Å². The third kappa shape index (κ3) is 8.09. The van der Waals surface area contributed by atoms with Crippen LogP contribution in [0.3, 0.4) is 0 Å². The molecule has 2 saturated heterocycles. The molecule has 7 nitrogen and oxygen atoms in total. The lowest BCUT2D eigenvalue weighted by molar-refractivity contribution is -0.133. The number of piperazine rings is 1. The van der Waals surface area contributed by atoms with Gasteiger partial charge in [0, 0.05) is 45.2 Å². The fraction of sp³-hybridized carbons (Fsp3) is 0.875. The fourth-order valence-electron chi connectivity index (χ4n) is 3.21. The van der Waals surface area contributed by atoms with Crippen molar-refractivity contribution in [3.8, 4) is 0 Å². The minimum atomic E-state index is 0. The van der Waals surface area contributed by atoms with Crippen LogP contribution in [0.5, 0.6) is 0 Å². The molecule has 2 aliphatic rings. The minimum Gasteiger partial charge on any atom is -0.383 e. The molecule has 9 heteroatoms.